The van der Waals surface area contributed by atoms with Crippen LogP contribution in [0.25, 0.3) is 0 Å². The Morgan fingerprint density at radius 2 is 2.13 bits per heavy atom. The van der Waals surface area contributed by atoms with Crippen LogP contribution in [-0.4, -0.2) is 41.2 Å². The smallest absolute Gasteiger partial charge is 0.0558 e. The summed E-state index contributed by atoms with van der Waals surface area (Å²) in [4.78, 5) is 6.55. The van der Waals surface area contributed by atoms with Crippen LogP contribution in [0.5, 0.6) is 0 Å². The van der Waals surface area contributed by atoms with Gasteiger partial charge in [-0.3, -0.25) is 4.98 Å². The number of rotatable bonds is 7. The summed E-state index contributed by atoms with van der Waals surface area (Å²) in [6.07, 6.45) is 3.91. The van der Waals surface area contributed by atoms with Crippen molar-refractivity contribution in [1.82, 2.24) is 9.88 Å². The fourth-order valence-corrected chi connectivity index (χ4v) is 1.61. The third-order valence-corrected chi connectivity index (χ3v) is 2.37. The van der Waals surface area contributed by atoms with E-state index in [1.165, 1.54) is 0 Å². The quantitative estimate of drug-likeness (QED) is 0.734. The lowest BCUT2D eigenvalue weighted by Gasteiger charge is -2.19. The summed E-state index contributed by atoms with van der Waals surface area (Å²) in [7, 11) is 0. The summed E-state index contributed by atoms with van der Waals surface area (Å²) in [5.74, 6) is 0. The van der Waals surface area contributed by atoms with Gasteiger partial charge in [0.1, 0.15) is 0 Å². The average molecular weight is 208 g/mol. The molecule has 0 aliphatic rings. The van der Waals surface area contributed by atoms with Crippen LogP contribution in [0.3, 0.4) is 0 Å². The molecule has 0 spiro atoms. The maximum Gasteiger partial charge on any atom is 0.0558 e. The molecule has 0 radical (unpaired) electrons. The molecule has 0 saturated heterocycles. The van der Waals surface area contributed by atoms with Crippen LogP contribution >= 0.6 is 0 Å². The monoisotopic (exact) mass is 208 g/mol. The second-order valence-electron chi connectivity index (χ2n) is 3.64. The molecule has 0 amide bonds. The summed E-state index contributed by atoms with van der Waals surface area (Å²) < 4.78 is 0. The zero-order chi connectivity index (χ0) is 10.9. The van der Waals surface area contributed by atoms with E-state index in [1.54, 1.807) is 0 Å². The molecule has 1 aromatic heterocycles. The Hall–Kier alpha value is -0.930. The fraction of sp³-hybridized carbons (Fsp3) is 0.583. The molecule has 3 heteroatoms. The molecule has 1 N–H and O–H groups in total. The van der Waals surface area contributed by atoms with Crippen molar-refractivity contribution in [3.63, 3.8) is 0 Å². The first kappa shape index (κ1) is 12.1. The van der Waals surface area contributed by atoms with Crippen LogP contribution in [0.15, 0.2) is 24.4 Å². The van der Waals surface area contributed by atoms with E-state index in [0.717, 1.165) is 38.2 Å². The minimum absolute atomic E-state index is 0.238. The van der Waals surface area contributed by atoms with Crippen molar-refractivity contribution in [3.8, 4) is 0 Å². The van der Waals surface area contributed by atoms with E-state index in [4.69, 9.17) is 5.11 Å². The second kappa shape index (κ2) is 7.37. The van der Waals surface area contributed by atoms with Gasteiger partial charge >= 0.3 is 0 Å². The summed E-state index contributed by atoms with van der Waals surface area (Å²) in [5, 5.41) is 8.90. The van der Waals surface area contributed by atoms with Gasteiger partial charge in [0.05, 0.1) is 6.61 Å². The first-order chi connectivity index (χ1) is 7.36. The third kappa shape index (κ3) is 4.91. The SMILES string of the molecule is CCCN(CCO)CCc1ccccn1. The van der Waals surface area contributed by atoms with Crippen molar-refractivity contribution in [2.24, 2.45) is 0 Å². The highest BCUT2D eigenvalue weighted by molar-refractivity contribution is 5.03. The maximum atomic E-state index is 8.90. The van der Waals surface area contributed by atoms with E-state index in [0.29, 0.717) is 0 Å². The minimum Gasteiger partial charge on any atom is -0.395 e. The Bertz CT molecular complexity index is 245. The van der Waals surface area contributed by atoms with E-state index in [-0.39, 0.29) is 6.61 Å². The minimum atomic E-state index is 0.238. The van der Waals surface area contributed by atoms with E-state index < -0.39 is 0 Å². The molecule has 0 atom stereocenters. The van der Waals surface area contributed by atoms with E-state index in [1.807, 2.05) is 24.4 Å². The Labute approximate surface area is 91.8 Å². The van der Waals surface area contributed by atoms with Gasteiger partial charge in [0, 0.05) is 31.4 Å². The van der Waals surface area contributed by atoms with Crippen LogP contribution in [0, 0.1) is 0 Å². The molecular weight excluding hydrogens is 188 g/mol. The molecule has 1 aromatic rings. The van der Waals surface area contributed by atoms with Crippen LogP contribution < -0.4 is 0 Å². The number of nitrogens with zero attached hydrogens (tertiary/aromatic N) is 2. The summed E-state index contributed by atoms with van der Waals surface area (Å²) in [6, 6.07) is 5.99. The van der Waals surface area contributed by atoms with Gasteiger partial charge < -0.3 is 10.0 Å². The van der Waals surface area contributed by atoms with Crippen molar-refractivity contribution in [3.05, 3.63) is 30.1 Å². The van der Waals surface area contributed by atoms with Crippen molar-refractivity contribution < 1.29 is 5.11 Å². The Morgan fingerprint density at radius 1 is 1.27 bits per heavy atom. The van der Waals surface area contributed by atoms with E-state index >= 15 is 0 Å². The largest absolute Gasteiger partial charge is 0.395 e. The molecule has 0 bridgehead atoms. The van der Waals surface area contributed by atoms with Gasteiger partial charge in [-0.2, -0.15) is 0 Å². The number of hydrogen-bond donors (Lipinski definition) is 1. The molecule has 0 saturated carbocycles. The molecule has 0 aromatic carbocycles. The highest BCUT2D eigenvalue weighted by atomic mass is 16.3. The normalized spacial score (nSPS) is 10.9. The zero-order valence-corrected chi connectivity index (χ0v) is 9.39. The lowest BCUT2D eigenvalue weighted by atomic mass is 10.2. The van der Waals surface area contributed by atoms with Gasteiger partial charge in [0.25, 0.3) is 0 Å². The number of aliphatic hydroxyl groups excluding tert-OH is 1. The molecule has 15 heavy (non-hydrogen) atoms. The van der Waals surface area contributed by atoms with Crippen molar-refractivity contribution in [1.29, 1.82) is 0 Å². The van der Waals surface area contributed by atoms with Gasteiger partial charge in [0.2, 0.25) is 0 Å². The summed E-state index contributed by atoms with van der Waals surface area (Å²) in [6.45, 7) is 5.19. The highest BCUT2D eigenvalue weighted by Gasteiger charge is 2.03. The predicted octanol–water partition coefficient (Wildman–Crippen LogP) is 1.33. The Balaban J connectivity index is 2.33. The first-order valence-electron chi connectivity index (χ1n) is 5.60. The zero-order valence-electron chi connectivity index (χ0n) is 9.39. The second-order valence-corrected chi connectivity index (χ2v) is 3.64. The van der Waals surface area contributed by atoms with Crippen LogP contribution in [0.4, 0.5) is 0 Å². The van der Waals surface area contributed by atoms with Gasteiger partial charge in [-0.1, -0.05) is 13.0 Å². The van der Waals surface area contributed by atoms with Crippen molar-refractivity contribution in [2.75, 3.05) is 26.2 Å². The number of pyridine rings is 1. The highest BCUT2D eigenvalue weighted by Crippen LogP contribution is 1.98. The Morgan fingerprint density at radius 3 is 2.73 bits per heavy atom. The van der Waals surface area contributed by atoms with Gasteiger partial charge in [-0.25, -0.2) is 0 Å². The van der Waals surface area contributed by atoms with Crippen molar-refractivity contribution in [2.45, 2.75) is 19.8 Å². The molecule has 0 aliphatic carbocycles. The van der Waals surface area contributed by atoms with E-state index in [9.17, 15) is 0 Å². The predicted molar refractivity (Wildman–Crippen MR) is 61.8 cm³/mol. The van der Waals surface area contributed by atoms with Gasteiger partial charge in [0.15, 0.2) is 0 Å². The van der Waals surface area contributed by atoms with Crippen molar-refractivity contribution >= 4 is 0 Å². The summed E-state index contributed by atoms with van der Waals surface area (Å²) in [5.41, 5.74) is 1.12. The van der Waals surface area contributed by atoms with E-state index in [2.05, 4.69) is 16.8 Å². The lowest BCUT2D eigenvalue weighted by Crippen LogP contribution is -2.30. The van der Waals surface area contributed by atoms with Crippen LogP contribution in [0.2, 0.25) is 0 Å². The molecule has 84 valence electrons. The fourth-order valence-electron chi connectivity index (χ4n) is 1.61. The first-order valence-corrected chi connectivity index (χ1v) is 5.60. The van der Waals surface area contributed by atoms with Gasteiger partial charge in [-0.15, -0.1) is 0 Å². The maximum absolute atomic E-state index is 8.90. The molecule has 1 heterocycles. The van der Waals surface area contributed by atoms with Gasteiger partial charge in [-0.05, 0) is 25.1 Å². The third-order valence-electron chi connectivity index (χ3n) is 2.37. The Kier molecular flexibility index (Phi) is 5.97. The molecule has 0 unspecified atom stereocenters. The average Bonchev–Trinajstić information content (AvgIpc) is 2.28. The summed E-state index contributed by atoms with van der Waals surface area (Å²) >= 11 is 0. The molecule has 0 aliphatic heterocycles. The molecule has 3 nitrogen and oxygen atoms in total. The molecule has 1 rings (SSSR count). The topological polar surface area (TPSA) is 36.4 Å². The molecule has 0 fully saturated rings. The standard InChI is InChI=1S/C12H20N2O/c1-2-8-14(10-11-15)9-6-12-5-3-4-7-13-12/h3-5,7,15H,2,6,8-11H2,1H3. The molecular formula is C12H20N2O. The number of aromatic nitrogens is 1. The number of hydrogen-bond acceptors (Lipinski definition) is 3. The van der Waals surface area contributed by atoms with Crippen LogP contribution in [-0.2, 0) is 6.42 Å². The van der Waals surface area contributed by atoms with Crippen LogP contribution in [0.1, 0.15) is 19.0 Å². The lowest BCUT2D eigenvalue weighted by molar-refractivity contribution is 0.197. The number of aliphatic hydroxyl groups is 1.